The molecule has 1 saturated heterocycles. The molecule has 1 aliphatic heterocycles. The fourth-order valence-electron chi connectivity index (χ4n) is 10.5. The van der Waals surface area contributed by atoms with E-state index in [-0.39, 0.29) is 11.8 Å². The minimum Gasteiger partial charge on any atom is -0.426 e. The van der Waals surface area contributed by atoms with Gasteiger partial charge in [0.1, 0.15) is 0 Å². The van der Waals surface area contributed by atoms with Crippen LogP contribution in [0, 0.1) is 0 Å². The first-order chi connectivity index (χ1) is 29.7. The highest BCUT2D eigenvalue weighted by atomic mass is 16.8. The largest absolute Gasteiger partial charge is 0.509 e. The van der Waals surface area contributed by atoms with Crippen LogP contribution in [0.1, 0.15) is 34.1 Å². The zero-order chi connectivity index (χ0) is 39.7. The summed E-state index contributed by atoms with van der Waals surface area (Å²) in [5.41, 5.74) is 18.7. The Bertz CT molecular complexity index is 2910. The lowest BCUT2D eigenvalue weighted by Gasteiger charge is -2.47. The van der Waals surface area contributed by atoms with Gasteiger partial charge >= 0.3 is 6.16 Å². The molecule has 60 heavy (non-hydrogen) atoms. The van der Waals surface area contributed by atoms with E-state index >= 15 is 0 Å². The molecule has 0 N–H and O–H groups in total. The Labute approximate surface area is 349 Å². The maximum Gasteiger partial charge on any atom is 0.509 e. The molecule has 9 aromatic carbocycles. The second-order valence-corrected chi connectivity index (χ2v) is 16.1. The van der Waals surface area contributed by atoms with Crippen molar-refractivity contribution >= 4 is 16.9 Å². The highest BCUT2D eigenvalue weighted by Gasteiger charge is 2.59. The summed E-state index contributed by atoms with van der Waals surface area (Å²) in [6, 6.07) is 74.1. The molecular weight excluding hydrogens is 733 g/mol. The van der Waals surface area contributed by atoms with E-state index < -0.39 is 18.4 Å². The Kier molecular flexibility index (Phi) is 7.96. The van der Waals surface area contributed by atoms with Gasteiger partial charge in [0.05, 0.1) is 11.8 Å². The summed E-state index contributed by atoms with van der Waals surface area (Å²) in [5, 5.41) is 2.32. The van der Waals surface area contributed by atoms with E-state index in [1.807, 2.05) is 0 Å². The maximum absolute atomic E-state index is 13.4. The monoisotopic (exact) mass is 770 g/mol. The highest BCUT2D eigenvalue weighted by molar-refractivity contribution is 6.13. The van der Waals surface area contributed by atoms with Gasteiger partial charge in [0, 0.05) is 0 Å². The van der Waals surface area contributed by atoms with Gasteiger partial charge in [-0.05, 0) is 112 Å². The molecule has 3 heteroatoms. The van der Waals surface area contributed by atoms with Crippen LogP contribution in [0.2, 0.25) is 0 Å². The van der Waals surface area contributed by atoms with Gasteiger partial charge in [0.2, 0.25) is 0 Å². The minimum atomic E-state index is -0.595. The van der Waals surface area contributed by atoms with Gasteiger partial charge in [0.25, 0.3) is 0 Å². The molecule has 0 saturated carbocycles. The Morgan fingerprint density at radius 3 is 1.07 bits per heavy atom. The van der Waals surface area contributed by atoms with E-state index in [2.05, 4.69) is 206 Å². The van der Waals surface area contributed by atoms with Gasteiger partial charge in [0.15, 0.2) is 12.2 Å². The topological polar surface area (TPSA) is 35.5 Å². The molecule has 2 bridgehead atoms. The predicted octanol–water partition coefficient (Wildman–Crippen LogP) is 14.3. The summed E-state index contributed by atoms with van der Waals surface area (Å²) < 4.78 is 12.5. The van der Waals surface area contributed by atoms with E-state index in [9.17, 15) is 4.79 Å². The van der Waals surface area contributed by atoms with E-state index in [0.29, 0.717) is 0 Å². The van der Waals surface area contributed by atoms with Crippen molar-refractivity contribution in [2.24, 2.45) is 0 Å². The van der Waals surface area contributed by atoms with Crippen molar-refractivity contribution in [2.45, 2.75) is 24.0 Å². The summed E-state index contributed by atoms with van der Waals surface area (Å²) >= 11 is 0. The van der Waals surface area contributed by atoms with Crippen LogP contribution in [0.25, 0.3) is 77.5 Å². The van der Waals surface area contributed by atoms with Gasteiger partial charge in [-0.2, -0.15) is 0 Å². The smallest absolute Gasteiger partial charge is 0.426 e. The molecule has 0 spiro atoms. The Morgan fingerprint density at radius 1 is 0.317 bits per heavy atom. The molecule has 9 aromatic rings. The first-order valence-electron chi connectivity index (χ1n) is 20.8. The summed E-state index contributed by atoms with van der Waals surface area (Å²) in [6.45, 7) is 0. The Balaban J connectivity index is 1.23. The third-order valence-electron chi connectivity index (χ3n) is 13.0. The molecule has 13 rings (SSSR count). The van der Waals surface area contributed by atoms with Gasteiger partial charge in [-0.25, -0.2) is 4.79 Å². The molecule has 4 atom stereocenters. The van der Waals surface area contributed by atoms with E-state index in [1.54, 1.807) is 0 Å². The van der Waals surface area contributed by atoms with Crippen LogP contribution in [0.15, 0.2) is 206 Å². The molecule has 4 aliphatic rings. The number of ether oxygens (including phenoxy) is 2. The van der Waals surface area contributed by atoms with Gasteiger partial charge in [-0.15, -0.1) is 0 Å². The SMILES string of the molecule is O=C1OC2C3c4ccccc4C(c4c3c(-c3ccc(-c5ccccc5)cc3-c3ccccc3)c3ccccc3c4-c3ccc(-c4ccccc4)cc3-c3ccccc3)C2O1. The number of carbonyl (C=O) groups excluding carboxylic acids is 1. The molecule has 4 unspecified atom stereocenters. The maximum atomic E-state index is 13.4. The highest BCUT2D eigenvalue weighted by Crippen LogP contribution is 2.63. The fraction of sp³-hybridized carbons (Fsp3) is 0.0702. The van der Waals surface area contributed by atoms with E-state index in [1.165, 1.54) is 44.5 Å². The van der Waals surface area contributed by atoms with Gasteiger partial charge in [-0.1, -0.05) is 194 Å². The quantitative estimate of drug-likeness (QED) is 0.158. The number of benzene rings is 9. The second-order valence-electron chi connectivity index (χ2n) is 16.1. The number of rotatable bonds is 6. The third-order valence-corrected chi connectivity index (χ3v) is 13.0. The fourth-order valence-corrected chi connectivity index (χ4v) is 10.5. The van der Waals surface area contributed by atoms with Crippen molar-refractivity contribution in [3.05, 3.63) is 229 Å². The summed E-state index contributed by atoms with van der Waals surface area (Å²) in [7, 11) is 0. The molecule has 1 heterocycles. The van der Waals surface area contributed by atoms with Crippen LogP contribution < -0.4 is 0 Å². The summed E-state index contributed by atoms with van der Waals surface area (Å²) in [6.07, 6.45) is -1.52. The van der Waals surface area contributed by atoms with E-state index in [4.69, 9.17) is 9.47 Å². The van der Waals surface area contributed by atoms with Crippen LogP contribution in [-0.4, -0.2) is 18.4 Å². The second kappa shape index (κ2) is 13.8. The van der Waals surface area contributed by atoms with Crippen molar-refractivity contribution in [1.29, 1.82) is 0 Å². The van der Waals surface area contributed by atoms with Crippen molar-refractivity contribution in [1.82, 2.24) is 0 Å². The lowest BCUT2D eigenvalue weighted by Crippen LogP contribution is -2.46. The molecule has 0 amide bonds. The zero-order valence-electron chi connectivity index (χ0n) is 32.7. The Morgan fingerprint density at radius 2 is 0.667 bits per heavy atom. The Hall–Kier alpha value is -7.49. The lowest BCUT2D eigenvalue weighted by molar-refractivity contribution is 0.104. The molecule has 0 radical (unpaired) electrons. The normalized spacial score (nSPS) is 18.3. The number of hydrogen-bond donors (Lipinski definition) is 0. The molecule has 1 fully saturated rings. The summed E-state index contributed by atoms with van der Waals surface area (Å²) in [4.78, 5) is 13.4. The van der Waals surface area contributed by atoms with Crippen LogP contribution in [0.5, 0.6) is 0 Å². The molecule has 0 aromatic heterocycles. The number of hydrogen-bond acceptors (Lipinski definition) is 3. The van der Waals surface area contributed by atoms with Crippen LogP contribution >= 0.6 is 0 Å². The number of carbonyl (C=O) groups is 1. The lowest BCUT2D eigenvalue weighted by atomic mass is 9.57. The van der Waals surface area contributed by atoms with Gasteiger partial charge < -0.3 is 9.47 Å². The van der Waals surface area contributed by atoms with Crippen molar-refractivity contribution < 1.29 is 14.3 Å². The molecule has 284 valence electrons. The first kappa shape index (κ1) is 34.5. The van der Waals surface area contributed by atoms with Crippen LogP contribution in [-0.2, 0) is 9.47 Å². The van der Waals surface area contributed by atoms with Crippen molar-refractivity contribution in [3.8, 4) is 66.8 Å². The summed E-state index contributed by atoms with van der Waals surface area (Å²) in [5.74, 6) is -0.505. The predicted molar refractivity (Wildman–Crippen MR) is 242 cm³/mol. The van der Waals surface area contributed by atoms with E-state index in [0.717, 1.165) is 55.3 Å². The van der Waals surface area contributed by atoms with Crippen LogP contribution in [0.4, 0.5) is 4.79 Å². The third kappa shape index (κ3) is 5.32. The molecule has 3 aliphatic carbocycles. The first-order valence-corrected chi connectivity index (χ1v) is 20.8. The van der Waals surface area contributed by atoms with Gasteiger partial charge in [-0.3, -0.25) is 0 Å². The molecule has 3 nitrogen and oxygen atoms in total. The van der Waals surface area contributed by atoms with Crippen molar-refractivity contribution in [2.75, 3.05) is 0 Å². The standard InChI is InChI=1S/C57H38O3/c58-57-59-55-51-43-27-15-16-28-44(43)52(56(55)60-57)54-50(46-32-30-40(36-19-7-2-8-20-36)34-48(46)38-23-11-4-12-24-38)42-26-14-13-25-41(42)49(53(51)54)45-31-29-39(35-17-5-1-6-18-35)33-47(45)37-21-9-3-10-22-37/h1-34,51-52,55-56H. The average Bonchev–Trinajstić information content (AvgIpc) is 3.73. The average molecular weight is 771 g/mol. The zero-order valence-corrected chi connectivity index (χ0v) is 32.7. The van der Waals surface area contributed by atoms with Crippen LogP contribution in [0.3, 0.4) is 0 Å². The molecular formula is C57H38O3. The van der Waals surface area contributed by atoms with Crippen molar-refractivity contribution in [3.63, 3.8) is 0 Å². The number of fused-ring (bicyclic) bond motifs is 1. The minimum absolute atomic E-state index is 0.253.